The van der Waals surface area contributed by atoms with Crippen LogP contribution in [0.5, 0.6) is 0 Å². The molecule has 0 radical (unpaired) electrons. The highest BCUT2D eigenvalue weighted by atomic mass is 14.4. The minimum atomic E-state index is 0.891. The third-order valence-electron chi connectivity index (χ3n) is 3.16. The van der Waals surface area contributed by atoms with Crippen LogP contribution in [-0.2, 0) is 0 Å². The molecule has 0 heteroatoms. The summed E-state index contributed by atoms with van der Waals surface area (Å²) in [7, 11) is 0. The van der Waals surface area contributed by atoms with Crippen LogP contribution in [0.3, 0.4) is 0 Å². The van der Waals surface area contributed by atoms with Crippen molar-refractivity contribution in [1.82, 2.24) is 0 Å². The molecule has 0 amide bonds. The van der Waals surface area contributed by atoms with Gasteiger partial charge in [0.2, 0.25) is 0 Å². The van der Waals surface area contributed by atoms with Crippen molar-refractivity contribution in [3.8, 4) is 0 Å². The molecule has 2 bridgehead atoms. The molecule has 2 unspecified atom stereocenters. The Hall–Kier alpha value is -0.520. The zero-order valence-electron chi connectivity index (χ0n) is 6.56. The van der Waals surface area contributed by atoms with E-state index in [4.69, 9.17) is 0 Å². The minimum absolute atomic E-state index is 0.891. The van der Waals surface area contributed by atoms with Crippen LogP contribution in [-0.4, -0.2) is 0 Å². The molecule has 0 aromatic heterocycles. The second-order valence-corrected chi connectivity index (χ2v) is 3.55. The molecule has 2 atom stereocenters. The Kier molecular flexibility index (Phi) is 1.23. The van der Waals surface area contributed by atoms with Gasteiger partial charge in [-0.15, -0.1) is 0 Å². The molecule has 0 heterocycles. The standard InChI is InChI=1S/C10H14/c1-3-10-7(2)8-4-5-9(10)6-8/h3,8-9H,1,4-6H2,2H3. The van der Waals surface area contributed by atoms with Crippen molar-refractivity contribution in [2.75, 3.05) is 0 Å². The van der Waals surface area contributed by atoms with Gasteiger partial charge in [0.05, 0.1) is 0 Å². The van der Waals surface area contributed by atoms with Gasteiger partial charge in [-0.25, -0.2) is 0 Å². The van der Waals surface area contributed by atoms with E-state index in [1.807, 2.05) is 0 Å². The van der Waals surface area contributed by atoms with Crippen molar-refractivity contribution in [2.24, 2.45) is 11.8 Å². The fraction of sp³-hybridized carbons (Fsp3) is 0.600. The van der Waals surface area contributed by atoms with E-state index >= 15 is 0 Å². The number of hydrogen-bond donors (Lipinski definition) is 0. The SMILES string of the molecule is C=CC1=C(C)C2CCC1C2. The summed E-state index contributed by atoms with van der Waals surface area (Å²) in [4.78, 5) is 0. The molecule has 0 aromatic carbocycles. The number of hydrogen-bond acceptors (Lipinski definition) is 0. The molecule has 1 saturated carbocycles. The third-order valence-corrected chi connectivity index (χ3v) is 3.16. The maximum absolute atomic E-state index is 3.85. The molecule has 0 spiro atoms. The highest BCUT2D eigenvalue weighted by Crippen LogP contribution is 2.48. The van der Waals surface area contributed by atoms with Crippen LogP contribution < -0.4 is 0 Å². The first-order valence-electron chi connectivity index (χ1n) is 4.16. The summed E-state index contributed by atoms with van der Waals surface area (Å²) in [5.74, 6) is 1.82. The largest absolute Gasteiger partial charge is 0.0988 e. The van der Waals surface area contributed by atoms with Gasteiger partial charge in [-0.2, -0.15) is 0 Å². The molecule has 0 N–H and O–H groups in total. The Morgan fingerprint density at radius 2 is 2.10 bits per heavy atom. The summed E-state index contributed by atoms with van der Waals surface area (Å²) in [5, 5.41) is 0. The van der Waals surface area contributed by atoms with Crippen LogP contribution in [0, 0.1) is 11.8 Å². The monoisotopic (exact) mass is 134 g/mol. The molecule has 10 heavy (non-hydrogen) atoms. The van der Waals surface area contributed by atoms with E-state index in [-0.39, 0.29) is 0 Å². The van der Waals surface area contributed by atoms with Gasteiger partial charge in [0.15, 0.2) is 0 Å². The number of fused-ring (bicyclic) bond motifs is 2. The molecule has 54 valence electrons. The van der Waals surface area contributed by atoms with E-state index in [1.165, 1.54) is 19.3 Å². The predicted molar refractivity (Wildman–Crippen MR) is 43.7 cm³/mol. The van der Waals surface area contributed by atoms with Gasteiger partial charge in [0.1, 0.15) is 0 Å². The minimum Gasteiger partial charge on any atom is -0.0988 e. The quantitative estimate of drug-likeness (QED) is 0.517. The molecule has 2 aliphatic carbocycles. The highest BCUT2D eigenvalue weighted by Gasteiger charge is 2.35. The van der Waals surface area contributed by atoms with Crippen molar-refractivity contribution >= 4 is 0 Å². The fourth-order valence-corrected chi connectivity index (χ4v) is 2.54. The zero-order valence-corrected chi connectivity index (χ0v) is 6.56. The normalized spacial score (nSPS) is 37.3. The summed E-state index contributed by atoms with van der Waals surface area (Å²) in [6.07, 6.45) is 6.35. The second kappa shape index (κ2) is 1.98. The Balaban J connectivity index is 2.37. The first kappa shape index (κ1) is 6.21. The lowest BCUT2D eigenvalue weighted by atomic mass is 9.93. The second-order valence-electron chi connectivity index (χ2n) is 3.55. The summed E-state index contributed by atoms with van der Waals surface area (Å²) in [5.41, 5.74) is 3.20. The number of allylic oxidation sites excluding steroid dienone is 3. The van der Waals surface area contributed by atoms with E-state index in [0.717, 1.165) is 11.8 Å². The lowest BCUT2D eigenvalue weighted by molar-refractivity contribution is 0.655. The first-order valence-corrected chi connectivity index (χ1v) is 4.16. The Morgan fingerprint density at radius 1 is 1.40 bits per heavy atom. The predicted octanol–water partition coefficient (Wildman–Crippen LogP) is 2.92. The summed E-state index contributed by atoms with van der Waals surface area (Å²) >= 11 is 0. The third kappa shape index (κ3) is 0.622. The molecular weight excluding hydrogens is 120 g/mol. The van der Waals surface area contributed by atoms with E-state index in [0.29, 0.717) is 0 Å². The average molecular weight is 134 g/mol. The smallest absolute Gasteiger partial charge is 0.0157 e. The Bertz CT molecular complexity index is 198. The van der Waals surface area contributed by atoms with Crippen molar-refractivity contribution in [1.29, 1.82) is 0 Å². The van der Waals surface area contributed by atoms with Crippen LogP contribution in [0.1, 0.15) is 26.2 Å². The van der Waals surface area contributed by atoms with Crippen molar-refractivity contribution in [3.05, 3.63) is 23.8 Å². The molecule has 0 saturated heterocycles. The average Bonchev–Trinajstić information content (AvgIpc) is 2.46. The molecule has 0 nitrogen and oxygen atoms in total. The van der Waals surface area contributed by atoms with Gasteiger partial charge in [0, 0.05) is 0 Å². The molecular formula is C10H14. The summed E-state index contributed by atoms with van der Waals surface area (Å²) in [6, 6.07) is 0. The molecule has 2 rings (SSSR count). The molecule has 0 aromatic rings. The zero-order chi connectivity index (χ0) is 7.14. The maximum atomic E-state index is 3.85. The van der Waals surface area contributed by atoms with Gasteiger partial charge < -0.3 is 0 Å². The van der Waals surface area contributed by atoms with E-state index in [9.17, 15) is 0 Å². The van der Waals surface area contributed by atoms with E-state index in [2.05, 4.69) is 19.6 Å². The lowest BCUT2D eigenvalue weighted by Crippen LogP contribution is -1.97. The van der Waals surface area contributed by atoms with Crippen LogP contribution in [0.4, 0.5) is 0 Å². The van der Waals surface area contributed by atoms with Gasteiger partial charge >= 0.3 is 0 Å². The topological polar surface area (TPSA) is 0 Å². The highest BCUT2D eigenvalue weighted by molar-refractivity contribution is 5.34. The number of rotatable bonds is 1. The van der Waals surface area contributed by atoms with Crippen molar-refractivity contribution in [2.45, 2.75) is 26.2 Å². The van der Waals surface area contributed by atoms with Crippen LogP contribution in [0.25, 0.3) is 0 Å². The van der Waals surface area contributed by atoms with Gasteiger partial charge in [0.25, 0.3) is 0 Å². The van der Waals surface area contributed by atoms with Crippen molar-refractivity contribution in [3.63, 3.8) is 0 Å². The summed E-state index contributed by atoms with van der Waals surface area (Å²) in [6.45, 7) is 6.13. The first-order chi connectivity index (χ1) is 4.83. The Morgan fingerprint density at radius 3 is 2.50 bits per heavy atom. The fourth-order valence-electron chi connectivity index (χ4n) is 2.54. The van der Waals surface area contributed by atoms with Gasteiger partial charge in [-0.1, -0.05) is 18.2 Å². The van der Waals surface area contributed by atoms with Gasteiger partial charge in [-0.05, 0) is 43.6 Å². The Labute approximate surface area is 62.6 Å². The van der Waals surface area contributed by atoms with Crippen molar-refractivity contribution < 1.29 is 0 Å². The van der Waals surface area contributed by atoms with Crippen LogP contribution in [0.15, 0.2) is 23.8 Å². The van der Waals surface area contributed by atoms with Crippen LogP contribution >= 0.6 is 0 Å². The van der Waals surface area contributed by atoms with Gasteiger partial charge in [-0.3, -0.25) is 0 Å². The maximum Gasteiger partial charge on any atom is -0.0157 e. The lowest BCUT2D eigenvalue weighted by Gasteiger charge is -2.12. The molecule has 2 aliphatic rings. The molecule has 1 fully saturated rings. The van der Waals surface area contributed by atoms with E-state index < -0.39 is 0 Å². The van der Waals surface area contributed by atoms with Crippen LogP contribution in [0.2, 0.25) is 0 Å². The summed E-state index contributed by atoms with van der Waals surface area (Å²) < 4.78 is 0. The van der Waals surface area contributed by atoms with E-state index in [1.54, 1.807) is 11.1 Å². The molecule has 0 aliphatic heterocycles.